The third kappa shape index (κ3) is 25.3. The molecule has 4 N–H and O–H groups in total. The molecular weight excluding hydrogens is 220 g/mol. The molecule has 0 radical (unpaired) electrons. The van der Waals surface area contributed by atoms with Gasteiger partial charge in [0.05, 0.1) is 0 Å². The summed E-state index contributed by atoms with van der Waals surface area (Å²) in [5.74, 6) is -0.896. The van der Waals surface area contributed by atoms with Crippen molar-refractivity contribution in [2.24, 2.45) is 5.73 Å². The van der Waals surface area contributed by atoms with Crippen LogP contribution in [0.4, 0.5) is 0 Å². The van der Waals surface area contributed by atoms with Crippen LogP contribution in [0.2, 0.25) is 0 Å². The molecule has 104 valence electrons. The van der Waals surface area contributed by atoms with Crippen LogP contribution in [0.5, 0.6) is 0 Å². The van der Waals surface area contributed by atoms with E-state index in [-0.39, 0.29) is 12.3 Å². The van der Waals surface area contributed by atoms with Crippen LogP contribution < -0.4 is 11.1 Å². The maximum absolute atomic E-state index is 10.9. The average Bonchev–Trinajstić information content (AvgIpc) is 2.37. The summed E-state index contributed by atoms with van der Waals surface area (Å²) in [7, 11) is 0. The average molecular weight is 248 g/mol. The molecule has 0 bridgehead atoms. The van der Waals surface area contributed by atoms with Gasteiger partial charge in [0.15, 0.2) is 0 Å². The molecule has 0 aromatic rings. The quantitative estimate of drug-likeness (QED) is 0.598. The summed E-state index contributed by atoms with van der Waals surface area (Å²) < 4.78 is 0. The van der Waals surface area contributed by atoms with E-state index in [1.165, 1.54) is 0 Å². The Balaban J connectivity index is -0.000000439. The van der Waals surface area contributed by atoms with Crippen LogP contribution in [0.1, 0.15) is 53.4 Å². The largest absolute Gasteiger partial charge is 0.481 e. The Morgan fingerprint density at radius 3 is 2.00 bits per heavy atom. The summed E-state index contributed by atoms with van der Waals surface area (Å²) in [5, 5.41) is 10.9. The first kappa shape index (κ1) is 21.2. The molecule has 0 saturated heterocycles. The number of nitrogens with two attached hydrogens (primary N) is 1. The molecule has 0 spiro atoms. The maximum atomic E-state index is 10.9. The fraction of sp³-hybridized carbons (Fsp3) is 0.833. The summed E-state index contributed by atoms with van der Waals surface area (Å²) in [6, 6.07) is 0. The van der Waals surface area contributed by atoms with Gasteiger partial charge < -0.3 is 16.2 Å². The van der Waals surface area contributed by atoms with Crippen LogP contribution >= 0.6 is 0 Å². The van der Waals surface area contributed by atoms with E-state index in [9.17, 15) is 9.59 Å². The lowest BCUT2D eigenvalue weighted by molar-refractivity contribution is -0.137. The van der Waals surface area contributed by atoms with Gasteiger partial charge in [-0.3, -0.25) is 9.59 Å². The Morgan fingerprint density at radius 1 is 1.06 bits per heavy atom. The van der Waals surface area contributed by atoms with Crippen LogP contribution in [-0.2, 0) is 9.59 Å². The van der Waals surface area contributed by atoms with Crippen LogP contribution in [-0.4, -0.2) is 30.1 Å². The summed E-state index contributed by atoms with van der Waals surface area (Å²) >= 11 is 0. The highest BCUT2D eigenvalue weighted by Gasteiger charge is 2.00. The molecular formula is C12H28N2O3. The van der Waals surface area contributed by atoms with Crippen LogP contribution in [0.25, 0.3) is 0 Å². The molecule has 0 aliphatic carbocycles. The zero-order chi connectivity index (χ0) is 14.1. The van der Waals surface area contributed by atoms with Gasteiger partial charge in [-0.2, -0.15) is 0 Å². The normalized spacial score (nSPS) is 8.06. The number of carbonyl (C=O) groups excluding carboxylic acids is 1. The smallest absolute Gasteiger partial charge is 0.303 e. The van der Waals surface area contributed by atoms with Crippen molar-refractivity contribution in [3.05, 3.63) is 0 Å². The highest BCUT2D eigenvalue weighted by atomic mass is 16.4. The summed E-state index contributed by atoms with van der Waals surface area (Å²) in [4.78, 5) is 21.0. The van der Waals surface area contributed by atoms with Gasteiger partial charge >= 0.3 is 5.97 Å². The zero-order valence-corrected chi connectivity index (χ0v) is 11.6. The van der Waals surface area contributed by atoms with E-state index in [1.54, 1.807) is 0 Å². The summed E-state index contributed by atoms with van der Waals surface area (Å²) in [6.45, 7) is 8.93. The number of carboxylic acids is 1. The molecule has 0 aliphatic rings. The number of carboxylic acid groups (broad SMARTS) is 1. The molecule has 0 rings (SSSR count). The lowest BCUT2D eigenvalue weighted by Crippen LogP contribution is -2.25. The van der Waals surface area contributed by atoms with Crippen LogP contribution in [0.15, 0.2) is 0 Å². The highest BCUT2D eigenvalue weighted by Crippen LogP contribution is 1.89. The SMILES string of the molecule is CC.CC.NCCCC(=O)NCCCC(=O)O. The second-order valence-electron chi connectivity index (χ2n) is 2.74. The van der Waals surface area contributed by atoms with E-state index in [4.69, 9.17) is 10.8 Å². The second-order valence-corrected chi connectivity index (χ2v) is 2.74. The predicted molar refractivity (Wildman–Crippen MR) is 70.9 cm³/mol. The number of hydrogen-bond acceptors (Lipinski definition) is 3. The number of nitrogens with one attached hydrogen (secondary N) is 1. The standard InChI is InChI=1S/C8H16N2O3.2C2H6/c9-5-1-3-7(11)10-6-2-4-8(12)13;2*1-2/h1-6,9H2,(H,10,11)(H,12,13);2*1-2H3. The molecule has 0 unspecified atom stereocenters. The van der Waals surface area contributed by atoms with Crippen molar-refractivity contribution in [2.75, 3.05) is 13.1 Å². The maximum Gasteiger partial charge on any atom is 0.303 e. The van der Waals surface area contributed by atoms with Crippen molar-refractivity contribution in [1.29, 1.82) is 0 Å². The van der Waals surface area contributed by atoms with Crippen molar-refractivity contribution in [1.82, 2.24) is 5.32 Å². The molecule has 5 nitrogen and oxygen atoms in total. The second kappa shape index (κ2) is 20.3. The first-order valence-corrected chi connectivity index (χ1v) is 6.35. The van der Waals surface area contributed by atoms with E-state index in [1.807, 2.05) is 27.7 Å². The van der Waals surface area contributed by atoms with Gasteiger partial charge in [0.2, 0.25) is 5.91 Å². The van der Waals surface area contributed by atoms with Crippen LogP contribution in [0, 0.1) is 0 Å². The first-order valence-electron chi connectivity index (χ1n) is 6.35. The monoisotopic (exact) mass is 248 g/mol. The molecule has 0 aromatic heterocycles. The van der Waals surface area contributed by atoms with Gasteiger partial charge in [-0.25, -0.2) is 0 Å². The molecule has 0 heterocycles. The van der Waals surface area contributed by atoms with E-state index < -0.39 is 5.97 Å². The van der Waals surface area contributed by atoms with Crippen molar-refractivity contribution in [3.63, 3.8) is 0 Å². The van der Waals surface area contributed by atoms with Crippen molar-refractivity contribution in [3.8, 4) is 0 Å². The molecule has 0 aliphatic heterocycles. The lowest BCUT2D eigenvalue weighted by atomic mass is 10.3. The van der Waals surface area contributed by atoms with Crippen molar-refractivity contribution < 1.29 is 14.7 Å². The summed E-state index contributed by atoms with van der Waals surface area (Å²) in [6.07, 6.45) is 1.66. The molecule has 0 atom stereocenters. The van der Waals surface area contributed by atoms with Gasteiger partial charge in [0, 0.05) is 19.4 Å². The minimum atomic E-state index is -0.837. The minimum absolute atomic E-state index is 0.0594. The summed E-state index contributed by atoms with van der Waals surface area (Å²) in [5.41, 5.74) is 5.21. The van der Waals surface area contributed by atoms with Crippen molar-refractivity contribution >= 4 is 11.9 Å². The number of amides is 1. The molecule has 17 heavy (non-hydrogen) atoms. The van der Waals surface area contributed by atoms with Gasteiger partial charge in [0.25, 0.3) is 0 Å². The molecule has 5 heteroatoms. The van der Waals surface area contributed by atoms with Crippen molar-refractivity contribution in [2.45, 2.75) is 53.4 Å². The lowest BCUT2D eigenvalue weighted by Gasteiger charge is -2.02. The zero-order valence-electron chi connectivity index (χ0n) is 11.6. The number of carbonyl (C=O) groups is 2. The van der Waals surface area contributed by atoms with E-state index in [0.717, 1.165) is 0 Å². The fourth-order valence-electron chi connectivity index (χ4n) is 0.818. The molecule has 0 fully saturated rings. The van der Waals surface area contributed by atoms with Gasteiger partial charge in [-0.15, -0.1) is 0 Å². The Labute approximate surface area is 105 Å². The predicted octanol–water partition coefficient (Wildman–Crippen LogP) is 1.76. The minimum Gasteiger partial charge on any atom is -0.481 e. The van der Waals surface area contributed by atoms with E-state index in [0.29, 0.717) is 32.4 Å². The van der Waals surface area contributed by atoms with E-state index in [2.05, 4.69) is 5.32 Å². The molecule has 0 saturated carbocycles. The number of aliphatic carboxylic acids is 1. The topological polar surface area (TPSA) is 92.4 Å². The van der Waals surface area contributed by atoms with Gasteiger partial charge in [-0.1, -0.05) is 27.7 Å². The van der Waals surface area contributed by atoms with Gasteiger partial charge in [0.1, 0.15) is 0 Å². The molecule has 1 amide bonds. The third-order valence-electron chi connectivity index (χ3n) is 1.50. The Kier molecular flexibility index (Phi) is 25.4. The van der Waals surface area contributed by atoms with E-state index >= 15 is 0 Å². The third-order valence-corrected chi connectivity index (χ3v) is 1.50. The van der Waals surface area contributed by atoms with Crippen LogP contribution in [0.3, 0.4) is 0 Å². The number of rotatable bonds is 7. The number of hydrogen-bond donors (Lipinski definition) is 3. The highest BCUT2D eigenvalue weighted by molar-refractivity contribution is 5.75. The Bertz CT molecular complexity index is 173. The van der Waals surface area contributed by atoms with Gasteiger partial charge in [-0.05, 0) is 19.4 Å². The Morgan fingerprint density at radius 2 is 1.59 bits per heavy atom. The Hall–Kier alpha value is -1.10. The first-order chi connectivity index (χ1) is 8.16. The fourth-order valence-corrected chi connectivity index (χ4v) is 0.818. The molecule has 0 aromatic carbocycles.